The lowest BCUT2D eigenvalue weighted by atomic mass is 10.0. The summed E-state index contributed by atoms with van der Waals surface area (Å²) in [5, 5.41) is 0. The van der Waals surface area contributed by atoms with Crippen molar-refractivity contribution in [2.75, 3.05) is 39.9 Å². The summed E-state index contributed by atoms with van der Waals surface area (Å²) in [4.78, 5) is 29.3. The highest BCUT2D eigenvalue weighted by atomic mass is 16.5. The molecule has 1 aliphatic carbocycles. The van der Waals surface area contributed by atoms with Crippen LogP contribution in [0.15, 0.2) is 18.2 Å². The molecule has 1 aromatic carbocycles. The topological polar surface area (TPSA) is 59.1 Å². The molecule has 6 nitrogen and oxygen atoms in total. The lowest BCUT2D eigenvalue weighted by molar-refractivity contribution is -0.133. The van der Waals surface area contributed by atoms with Gasteiger partial charge in [-0.25, -0.2) is 0 Å². The van der Waals surface area contributed by atoms with Crippen molar-refractivity contribution in [2.45, 2.75) is 52.4 Å². The number of hydrogen-bond acceptors (Lipinski definition) is 4. The highest BCUT2D eigenvalue weighted by Crippen LogP contribution is 2.30. The lowest BCUT2D eigenvalue weighted by Crippen LogP contribution is -2.50. The predicted molar refractivity (Wildman–Crippen MR) is 117 cm³/mol. The van der Waals surface area contributed by atoms with Crippen LogP contribution >= 0.6 is 0 Å². The van der Waals surface area contributed by atoms with Gasteiger partial charge in [0.2, 0.25) is 5.91 Å². The number of amides is 2. The number of piperazine rings is 1. The number of methoxy groups -OCH3 is 1. The van der Waals surface area contributed by atoms with Crippen molar-refractivity contribution in [1.29, 1.82) is 0 Å². The molecule has 0 atom stereocenters. The maximum atomic E-state index is 13.0. The summed E-state index contributed by atoms with van der Waals surface area (Å²) in [7, 11) is 1.59. The van der Waals surface area contributed by atoms with Crippen molar-refractivity contribution >= 4 is 11.8 Å². The largest absolute Gasteiger partial charge is 0.493 e. The second-order valence-corrected chi connectivity index (χ2v) is 8.92. The molecule has 1 aliphatic heterocycles. The Balaban J connectivity index is 1.53. The number of carbonyl (C=O) groups excluding carboxylic acids is 2. The predicted octanol–water partition coefficient (Wildman–Crippen LogP) is 3.98. The Morgan fingerprint density at radius 1 is 1.03 bits per heavy atom. The third-order valence-corrected chi connectivity index (χ3v) is 6.22. The molecule has 2 fully saturated rings. The Hall–Kier alpha value is -2.24. The Labute approximate surface area is 180 Å². The minimum Gasteiger partial charge on any atom is -0.493 e. The van der Waals surface area contributed by atoms with E-state index in [1.54, 1.807) is 19.2 Å². The Kier molecular flexibility index (Phi) is 8.00. The van der Waals surface area contributed by atoms with E-state index in [9.17, 15) is 9.59 Å². The highest BCUT2D eigenvalue weighted by molar-refractivity contribution is 5.95. The molecular formula is C24H36N2O4. The van der Waals surface area contributed by atoms with E-state index in [4.69, 9.17) is 9.47 Å². The third kappa shape index (κ3) is 5.89. The van der Waals surface area contributed by atoms with Crippen LogP contribution in [0.4, 0.5) is 0 Å². The van der Waals surface area contributed by atoms with E-state index >= 15 is 0 Å². The molecule has 3 rings (SSSR count). The maximum Gasteiger partial charge on any atom is 0.254 e. The molecule has 0 aromatic heterocycles. The summed E-state index contributed by atoms with van der Waals surface area (Å²) in [6, 6.07) is 5.37. The van der Waals surface area contributed by atoms with Gasteiger partial charge in [0.15, 0.2) is 11.5 Å². The molecule has 6 heteroatoms. The fourth-order valence-corrected chi connectivity index (χ4v) is 4.26. The van der Waals surface area contributed by atoms with Crippen molar-refractivity contribution in [1.82, 2.24) is 9.80 Å². The number of benzene rings is 1. The van der Waals surface area contributed by atoms with Gasteiger partial charge >= 0.3 is 0 Å². The monoisotopic (exact) mass is 416 g/mol. The van der Waals surface area contributed by atoms with Gasteiger partial charge in [-0.15, -0.1) is 0 Å². The molecule has 2 aliphatic rings. The fraction of sp³-hybridized carbons (Fsp3) is 0.667. The summed E-state index contributed by atoms with van der Waals surface area (Å²) >= 11 is 0. The lowest BCUT2D eigenvalue weighted by Gasteiger charge is -2.35. The molecule has 166 valence electrons. The first kappa shape index (κ1) is 22.4. The molecule has 0 bridgehead atoms. The maximum absolute atomic E-state index is 13.0. The van der Waals surface area contributed by atoms with Gasteiger partial charge in [-0.3, -0.25) is 9.59 Å². The van der Waals surface area contributed by atoms with Gasteiger partial charge in [0.1, 0.15) is 0 Å². The average molecular weight is 417 g/mol. The van der Waals surface area contributed by atoms with Crippen molar-refractivity contribution in [2.24, 2.45) is 11.8 Å². The van der Waals surface area contributed by atoms with Crippen molar-refractivity contribution < 1.29 is 19.1 Å². The van der Waals surface area contributed by atoms with Crippen molar-refractivity contribution in [3.8, 4) is 11.5 Å². The standard InChI is InChI=1S/C24H36N2O4/c1-18(2)10-15-30-21-9-8-20(17-22(21)29-3)24(28)26-13-11-25(12-14-26)23(27)16-19-6-4-5-7-19/h8-9,17-19H,4-7,10-16H2,1-3H3. The zero-order chi connectivity index (χ0) is 21.5. The second-order valence-electron chi connectivity index (χ2n) is 8.92. The SMILES string of the molecule is COc1cc(C(=O)N2CCN(C(=O)CC3CCCC3)CC2)ccc1OCCC(C)C. The first-order valence-electron chi connectivity index (χ1n) is 11.4. The first-order chi connectivity index (χ1) is 14.5. The van der Waals surface area contributed by atoms with Gasteiger partial charge in [0, 0.05) is 38.2 Å². The van der Waals surface area contributed by atoms with E-state index in [2.05, 4.69) is 13.8 Å². The van der Waals surface area contributed by atoms with Crippen LogP contribution in [0.1, 0.15) is 62.7 Å². The van der Waals surface area contributed by atoms with Gasteiger partial charge in [-0.2, -0.15) is 0 Å². The van der Waals surface area contributed by atoms with Crippen LogP contribution in [0.5, 0.6) is 11.5 Å². The van der Waals surface area contributed by atoms with E-state index in [-0.39, 0.29) is 11.8 Å². The van der Waals surface area contributed by atoms with E-state index in [1.807, 2.05) is 15.9 Å². The zero-order valence-electron chi connectivity index (χ0n) is 18.7. The minimum absolute atomic E-state index is 0.0232. The van der Waals surface area contributed by atoms with Crippen LogP contribution in [0.2, 0.25) is 0 Å². The van der Waals surface area contributed by atoms with Crippen LogP contribution in [-0.2, 0) is 4.79 Å². The summed E-state index contributed by atoms with van der Waals surface area (Å²) in [5.74, 6) is 2.60. The third-order valence-electron chi connectivity index (χ3n) is 6.22. The molecule has 0 spiro atoms. The van der Waals surface area contributed by atoms with Gasteiger partial charge in [0.05, 0.1) is 13.7 Å². The van der Waals surface area contributed by atoms with Crippen LogP contribution in [0.3, 0.4) is 0 Å². The van der Waals surface area contributed by atoms with Crippen LogP contribution < -0.4 is 9.47 Å². The quantitative estimate of drug-likeness (QED) is 0.643. The number of carbonyl (C=O) groups is 2. The first-order valence-corrected chi connectivity index (χ1v) is 11.4. The molecule has 0 radical (unpaired) electrons. The molecule has 1 saturated carbocycles. The molecule has 1 heterocycles. The smallest absolute Gasteiger partial charge is 0.254 e. The Morgan fingerprint density at radius 2 is 1.70 bits per heavy atom. The van der Waals surface area contributed by atoms with Crippen LogP contribution in [0.25, 0.3) is 0 Å². The molecule has 30 heavy (non-hydrogen) atoms. The fourth-order valence-electron chi connectivity index (χ4n) is 4.26. The number of ether oxygens (including phenoxy) is 2. The minimum atomic E-state index is -0.0232. The highest BCUT2D eigenvalue weighted by Gasteiger charge is 2.27. The zero-order valence-corrected chi connectivity index (χ0v) is 18.7. The second kappa shape index (κ2) is 10.7. The number of nitrogens with zero attached hydrogens (tertiary/aromatic N) is 2. The van der Waals surface area contributed by atoms with E-state index in [0.29, 0.717) is 68.1 Å². The van der Waals surface area contributed by atoms with Gasteiger partial charge in [-0.05, 0) is 49.3 Å². The van der Waals surface area contributed by atoms with Gasteiger partial charge < -0.3 is 19.3 Å². The van der Waals surface area contributed by atoms with Crippen molar-refractivity contribution in [3.63, 3.8) is 0 Å². The molecule has 1 aromatic rings. The molecular weight excluding hydrogens is 380 g/mol. The van der Waals surface area contributed by atoms with Gasteiger partial charge in [-0.1, -0.05) is 26.7 Å². The molecule has 0 N–H and O–H groups in total. The van der Waals surface area contributed by atoms with Crippen molar-refractivity contribution in [3.05, 3.63) is 23.8 Å². The summed E-state index contributed by atoms with van der Waals surface area (Å²) in [5.41, 5.74) is 0.591. The molecule has 2 amide bonds. The number of hydrogen-bond donors (Lipinski definition) is 0. The molecule has 0 unspecified atom stereocenters. The average Bonchev–Trinajstić information content (AvgIpc) is 3.26. The van der Waals surface area contributed by atoms with E-state index in [0.717, 1.165) is 6.42 Å². The summed E-state index contributed by atoms with van der Waals surface area (Å²) in [6.07, 6.45) is 6.51. The number of rotatable bonds is 8. The van der Waals surface area contributed by atoms with Crippen LogP contribution in [-0.4, -0.2) is 61.5 Å². The summed E-state index contributed by atoms with van der Waals surface area (Å²) in [6.45, 7) is 7.32. The normalized spacial score (nSPS) is 17.5. The van der Waals surface area contributed by atoms with E-state index < -0.39 is 0 Å². The Bertz CT molecular complexity index is 720. The van der Waals surface area contributed by atoms with Crippen LogP contribution in [0, 0.1) is 11.8 Å². The van der Waals surface area contributed by atoms with E-state index in [1.165, 1.54) is 25.7 Å². The Morgan fingerprint density at radius 3 is 2.33 bits per heavy atom. The van der Waals surface area contributed by atoms with Gasteiger partial charge in [0.25, 0.3) is 5.91 Å². The summed E-state index contributed by atoms with van der Waals surface area (Å²) < 4.78 is 11.3. The molecule has 1 saturated heterocycles.